The molecule has 2 aromatic rings. The zero-order chi connectivity index (χ0) is 11.7. The van der Waals surface area contributed by atoms with Crippen LogP contribution in [0.3, 0.4) is 0 Å². The van der Waals surface area contributed by atoms with Crippen LogP contribution < -0.4 is 4.74 Å². The van der Waals surface area contributed by atoms with Crippen molar-refractivity contribution in [3.05, 3.63) is 34.2 Å². The standard InChI is InChI=1S/C11H6BrFN2O/c1-16-11-7(4-14)2-6-3-8(12)5-15-10(6)9(11)13/h2-3,5H,1H3. The molecule has 5 heteroatoms. The second kappa shape index (κ2) is 4.06. The number of nitriles is 1. The van der Waals surface area contributed by atoms with Crippen LogP contribution in [0.1, 0.15) is 5.56 Å². The summed E-state index contributed by atoms with van der Waals surface area (Å²) in [6.45, 7) is 0. The van der Waals surface area contributed by atoms with Crippen molar-refractivity contribution in [3.63, 3.8) is 0 Å². The van der Waals surface area contributed by atoms with Gasteiger partial charge in [-0.15, -0.1) is 0 Å². The van der Waals surface area contributed by atoms with E-state index in [1.807, 2.05) is 6.07 Å². The Balaban J connectivity index is 2.88. The van der Waals surface area contributed by atoms with Gasteiger partial charge in [0.25, 0.3) is 0 Å². The number of fused-ring (bicyclic) bond motifs is 1. The third kappa shape index (κ3) is 1.61. The fourth-order valence-electron chi connectivity index (χ4n) is 1.48. The van der Waals surface area contributed by atoms with Gasteiger partial charge in [-0.05, 0) is 28.1 Å². The number of pyridine rings is 1. The minimum Gasteiger partial charge on any atom is -0.492 e. The molecule has 0 spiro atoms. The quantitative estimate of drug-likeness (QED) is 0.807. The Hall–Kier alpha value is -1.67. The van der Waals surface area contributed by atoms with Gasteiger partial charge in [-0.3, -0.25) is 4.98 Å². The van der Waals surface area contributed by atoms with E-state index in [0.29, 0.717) is 5.39 Å². The summed E-state index contributed by atoms with van der Waals surface area (Å²) in [5, 5.41) is 9.43. The molecule has 0 atom stereocenters. The van der Waals surface area contributed by atoms with Crippen LogP contribution in [0.4, 0.5) is 4.39 Å². The highest BCUT2D eigenvalue weighted by molar-refractivity contribution is 9.10. The largest absolute Gasteiger partial charge is 0.492 e. The normalized spacial score (nSPS) is 10.1. The van der Waals surface area contributed by atoms with E-state index in [9.17, 15) is 4.39 Å². The van der Waals surface area contributed by atoms with Gasteiger partial charge in [0, 0.05) is 16.1 Å². The molecule has 1 aromatic carbocycles. The summed E-state index contributed by atoms with van der Waals surface area (Å²) in [6.07, 6.45) is 1.50. The Bertz CT molecular complexity index is 607. The Morgan fingerprint density at radius 1 is 1.50 bits per heavy atom. The SMILES string of the molecule is COc1c(C#N)cc2cc(Br)cnc2c1F. The summed E-state index contributed by atoms with van der Waals surface area (Å²) in [5.74, 6) is -0.672. The van der Waals surface area contributed by atoms with E-state index in [0.717, 1.165) is 4.47 Å². The van der Waals surface area contributed by atoms with Crippen molar-refractivity contribution in [2.24, 2.45) is 0 Å². The lowest BCUT2D eigenvalue weighted by molar-refractivity contribution is 0.387. The molecular formula is C11H6BrFN2O. The number of hydrogen-bond acceptors (Lipinski definition) is 3. The van der Waals surface area contributed by atoms with Crippen LogP contribution in [-0.2, 0) is 0 Å². The number of halogens is 2. The summed E-state index contributed by atoms with van der Waals surface area (Å²) in [6, 6.07) is 5.14. The van der Waals surface area contributed by atoms with Crippen LogP contribution in [0.15, 0.2) is 22.8 Å². The molecule has 0 amide bonds. The van der Waals surface area contributed by atoms with E-state index >= 15 is 0 Å². The molecule has 0 unspecified atom stereocenters. The van der Waals surface area contributed by atoms with Crippen molar-refractivity contribution in [3.8, 4) is 11.8 Å². The van der Waals surface area contributed by atoms with Crippen molar-refractivity contribution >= 4 is 26.8 Å². The first-order chi connectivity index (χ1) is 7.67. The molecule has 0 N–H and O–H groups in total. The van der Waals surface area contributed by atoms with Gasteiger partial charge < -0.3 is 4.74 Å². The Morgan fingerprint density at radius 3 is 2.88 bits per heavy atom. The van der Waals surface area contributed by atoms with Crippen molar-refractivity contribution < 1.29 is 9.13 Å². The fourth-order valence-corrected chi connectivity index (χ4v) is 1.83. The van der Waals surface area contributed by atoms with Crippen LogP contribution in [0.25, 0.3) is 10.9 Å². The van der Waals surface area contributed by atoms with Crippen molar-refractivity contribution in [1.82, 2.24) is 4.98 Å². The summed E-state index contributed by atoms with van der Waals surface area (Å²) in [7, 11) is 1.32. The van der Waals surface area contributed by atoms with Gasteiger partial charge >= 0.3 is 0 Å². The third-order valence-electron chi connectivity index (χ3n) is 2.16. The van der Waals surface area contributed by atoms with Crippen LogP contribution in [0.2, 0.25) is 0 Å². The van der Waals surface area contributed by atoms with Crippen LogP contribution >= 0.6 is 15.9 Å². The number of aromatic nitrogens is 1. The maximum absolute atomic E-state index is 13.9. The first kappa shape index (κ1) is 10.8. The molecule has 0 fully saturated rings. The highest BCUT2D eigenvalue weighted by Gasteiger charge is 2.15. The molecule has 16 heavy (non-hydrogen) atoms. The van der Waals surface area contributed by atoms with Gasteiger partial charge in [0.2, 0.25) is 0 Å². The van der Waals surface area contributed by atoms with E-state index < -0.39 is 5.82 Å². The average molecular weight is 281 g/mol. The van der Waals surface area contributed by atoms with E-state index in [1.165, 1.54) is 13.3 Å². The Morgan fingerprint density at radius 2 is 2.25 bits per heavy atom. The lowest BCUT2D eigenvalue weighted by Gasteiger charge is -2.07. The van der Waals surface area contributed by atoms with E-state index in [2.05, 4.69) is 20.9 Å². The molecule has 0 aliphatic heterocycles. The molecule has 0 aliphatic rings. The number of methoxy groups -OCH3 is 1. The van der Waals surface area contributed by atoms with Gasteiger partial charge in [0.05, 0.1) is 12.7 Å². The van der Waals surface area contributed by atoms with Gasteiger partial charge in [-0.25, -0.2) is 4.39 Å². The summed E-state index contributed by atoms with van der Waals surface area (Å²) >= 11 is 3.24. The fraction of sp³-hybridized carbons (Fsp3) is 0.0909. The lowest BCUT2D eigenvalue weighted by atomic mass is 10.1. The number of benzene rings is 1. The highest BCUT2D eigenvalue weighted by Crippen LogP contribution is 2.30. The van der Waals surface area contributed by atoms with Crippen molar-refractivity contribution in [2.75, 3.05) is 7.11 Å². The predicted octanol–water partition coefficient (Wildman–Crippen LogP) is 3.02. The summed E-state index contributed by atoms with van der Waals surface area (Å²) in [4.78, 5) is 3.95. The minimum absolute atomic E-state index is 0.0650. The van der Waals surface area contributed by atoms with Gasteiger partial charge in [0.1, 0.15) is 11.6 Å². The van der Waals surface area contributed by atoms with Crippen LogP contribution in [-0.4, -0.2) is 12.1 Å². The molecular weight excluding hydrogens is 275 g/mol. The lowest BCUT2D eigenvalue weighted by Crippen LogP contribution is -1.95. The molecule has 0 bridgehead atoms. The number of ether oxygens (including phenoxy) is 1. The molecule has 0 radical (unpaired) electrons. The topological polar surface area (TPSA) is 45.9 Å². The van der Waals surface area contributed by atoms with Crippen LogP contribution in [0, 0.1) is 17.1 Å². The van der Waals surface area contributed by atoms with E-state index in [1.54, 1.807) is 12.1 Å². The first-order valence-electron chi connectivity index (χ1n) is 4.39. The molecule has 3 nitrogen and oxygen atoms in total. The molecule has 2 rings (SSSR count). The highest BCUT2D eigenvalue weighted by atomic mass is 79.9. The second-order valence-electron chi connectivity index (χ2n) is 3.11. The molecule has 1 aromatic heterocycles. The Kier molecular flexibility index (Phi) is 2.75. The zero-order valence-corrected chi connectivity index (χ0v) is 9.88. The number of nitrogens with zero attached hydrogens (tertiary/aromatic N) is 2. The first-order valence-corrected chi connectivity index (χ1v) is 5.18. The Labute approximate surface area is 99.6 Å². The number of rotatable bonds is 1. The third-order valence-corrected chi connectivity index (χ3v) is 2.59. The summed E-state index contributed by atoms with van der Waals surface area (Å²) in [5.41, 5.74) is 0.353. The smallest absolute Gasteiger partial charge is 0.192 e. The van der Waals surface area contributed by atoms with E-state index in [4.69, 9.17) is 10.00 Å². The molecule has 0 saturated carbocycles. The van der Waals surface area contributed by atoms with Gasteiger partial charge in [-0.2, -0.15) is 5.26 Å². The zero-order valence-electron chi connectivity index (χ0n) is 8.29. The predicted molar refractivity (Wildman–Crippen MR) is 60.7 cm³/mol. The monoisotopic (exact) mass is 280 g/mol. The maximum Gasteiger partial charge on any atom is 0.192 e. The minimum atomic E-state index is -0.607. The van der Waals surface area contributed by atoms with E-state index in [-0.39, 0.29) is 16.8 Å². The molecule has 0 aliphatic carbocycles. The van der Waals surface area contributed by atoms with Gasteiger partial charge in [0.15, 0.2) is 11.6 Å². The van der Waals surface area contributed by atoms with Crippen molar-refractivity contribution in [1.29, 1.82) is 5.26 Å². The molecule has 80 valence electrons. The van der Waals surface area contributed by atoms with Crippen LogP contribution in [0.5, 0.6) is 5.75 Å². The summed E-state index contributed by atoms with van der Waals surface area (Å²) < 4.78 is 19.5. The van der Waals surface area contributed by atoms with Gasteiger partial charge in [-0.1, -0.05) is 0 Å². The average Bonchev–Trinajstić information content (AvgIpc) is 2.28. The number of hydrogen-bond donors (Lipinski definition) is 0. The van der Waals surface area contributed by atoms with Crippen molar-refractivity contribution in [2.45, 2.75) is 0 Å². The molecule has 1 heterocycles. The maximum atomic E-state index is 13.9. The molecule has 0 saturated heterocycles. The second-order valence-corrected chi connectivity index (χ2v) is 4.02.